The van der Waals surface area contributed by atoms with E-state index in [4.69, 9.17) is 0 Å². The van der Waals surface area contributed by atoms with Crippen LogP contribution in [-0.4, -0.2) is 44.0 Å². The molecular formula is C15H25N3O. The Labute approximate surface area is 116 Å². The first-order valence-electron chi connectivity index (χ1n) is 6.93. The molecule has 1 aromatic rings. The summed E-state index contributed by atoms with van der Waals surface area (Å²) in [4.78, 5) is 13.6. The maximum Gasteiger partial charge on any atom is 0.233 e. The first-order chi connectivity index (χ1) is 9.22. The van der Waals surface area contributed by atoms with Crippen LogP contribution in [0.3, 0.4) is 0 Å². The molecule has 19 heavy (non-hydrogen) atoms. The predicted octanol–water partition coefficient (Wildman–Crippen LogP) is 1.41. The number of carbonyl (C=O) groups is 1. The lowest BCUT2D eigenvalue weighted by Gasteiger charge is -2.30. The molecule has 106 valence electrons. The van der Waals surface area contributed by atoms with Crippen molar-refractivity contribution in [3.05, 3.63) is 35.9 Å². The van der Waals surface area contributed by atoms with Gasteiger partial charge in [0.2, 0.25) is 5.91 Å². The van der Waals surface area contributed by atoms with Crippen LogP contribution < -0.4 is 10.6 Å². The smallest absolute Gasteiger partial charge is 0.233 e. The van der Waals surface area contributed by atoms with E-state index < -0.39 is 0 Å². The van der Waals surface area contributed by atoms with E-state index in [1.54, 1.807) is 7.05 Å². The summed E-state index contributed by atoms with van der Waals surface area (Å²) in [5.41, 5.74) is 1.29. The van der Waals surface area contributed by atoms with Crippen LogP contribution in [0.15, 0.2) is 30.3 Å². The fraction of sp³-hybridized carbons (Fsp3) is 0.533. The molecule has 4 heteroatoms. The van der Waals surface area contributed by atoms with Crippen LogP contribution in [0.4, 0.5) is 0 Å². The summed E-state index contributed by atoms with van der Waals surface area (Å²) in [6.45, 7) is 7.46. The zero-order valence-corrected chi connectivity index (χ0v) is 12.1. The molecule has 0 aliphatic carbocycles. The molecule has 1 rings (SSSR count). The zero-order chi connectivity index (χ0) is 14.1. The minimum Gasteiger partial charge on any atom is -0.358 e. The van der Waals surface area contributed by atoms with Crippen LogP contribution in [0.1, 0.15) is 25.5 Å². The van der Waals surface area contributed by atoms with Crippen molar-refractivity contribution < 1.29 is 4.79 Å². The number of amides is 1. The third kappa shape index (κ3) is 5.01. The van der Waals surface area contributed by atoms with Crippen LogP contribution in [0.25, 0.3) is 0 Å². The lowest BCUT2D eigenvalue weighted by atomic mass is 10.1. The number of nitrogens with one attached hydrogen (secondary N) is 2. The fourth-order valence-electron chi connectivity index (χ4n) is 2.21. The topological polar surface area (TPSA) is 44.4 Å². The summed E-state index contributed by atoms with van der Waals surface area (Å²) in [5, 5.41) is 5.85. The molecule has 0 radical (unpaired) electrons. The number of hydrogen-bond donors (Lipinski definition) is 2. The van der Waals surface area contributed by atoms with E-state index in [0.717, 1.165) is 19.6 Å². The summed E-state index contributed by atoms with van der Waals surface area (Å²) < 4.78 is 0. The molecule has 0 aliphatic heterocycles. The van der Waals surface area contributed by atoms with Gasteiger partial charge in [0.15, 0.2) is 0 Å². The van der Waals surface area contributed by atoms with E-state index >= 15 is 0 Å². The van der Waals surface area contributed by atoms with Crippen LogP contribution in [0.2, 0.25) is 0 Å². The molecule has 0 saturated carbocycles. The highest BCUT2D eigenvalue weighted by atomic mass is 16.1. The minimum atomic E-state index is 0.0198. The second-order valence-corrected chi connectivity index (χ2v) is 4.45. The van der Waals surface area contributed by atoms with Gasteiger partial charge in [-0.3, -0.25) is 9.69 Å². The largest absolute Gasteiger partial charge is 0.358 e. The van der Waals surface area contributed by atoms with E-state index in [2.05, 4.69) is 53.6 Å². The Balaban J connectivity index is 2.68. The molecule has 0 fully saturated rings. The molecule has 2 N–H and O–H groups in total. The lowest BCUT2D eigenvalue weighted by Crippen LogP contribution is -2.39. The Morgan fingerprint density at radius 1 is 1.21 bits per heavy atom. The quantitative estimate of drug-likeness (QED) is 0.745. The van der Waals surface area contributed by atoms with Gasteiger partial charge < -0.3 is 10.6 Å². The van der Waals surface area contributed by atoms with E-state index in [1.165, 1.54) is 5.56 Å². The maximum absolute atomic E-state index is 11.3. The van der Waals surface area contributed by atoms with Gasteiger partial charge in [0.25, 0.3) is 0 Å². The Kier molecular flexibility index (Phi) is 7.15. The van der Waals surface area contributed by atoms with Crippen LogP contribution in [0, 0.1) is 0 Å². The predicted molar refractivity (Wildman–Crippen MR) is 79.0 cm³/mol. The summed E-state index contributed by atoms with van der Waals surface area (Å²) >= 11 is 0. The number of nitrogens with zero attached hydrogens (tertiary/aromatic N) is 1. The van der Waals surface area contributed by atoms with Crippen molar-refractivity contribution in [3.63, 3.8) is 0 Å². The molecule has 1 unspecified atom stereocenters. The van der Waals surface area contributed by atoms with E-state index in [-0.39, 0.29) is 5.91 Å². The molecule has 0 aliphatic rings. The highest BCUT2D eigenvalue weighted by Crippen LogP contribution is 2.19. The van der Waals surface area contributed by atoms with Crippen LogP contribution >= 0.6 is 0 Å². The molecule has 1 aromatic carbocycles. The monoisotopic (exact) mass is 263 g/mol. The average molecular weight is 263 g/mol. The van der Waals surface area contributed by atoms with Gasteiger partial charge in [-0.2, -0.15) is 0 Å². The van der Waals surface area contributed by atoms with Crippen molar-refractivity contribution in [1.82, 2.24) is 15.5 Å². The SMILES string of the molecule is CCN(CC)C(CNCC(=O)NC)c1ccccc1. The van der Waals surface area contributed by atoms with E-state index in [9.17, 15) is 4.79 Å². The van der Waals surface area contributed by atoms with E-state index in [0.29, 0.717) is 12.6 Å². The lowest BCUT2D eigenvalue weighted by molar-refractivity contribution is -0.119. The van der Waals surface area contributed by atoms with Gasteiger partial charge in [-0.25, -0.2) is 0 Å². The van der Waals surface area contributed by atoms with Crippen LogP contribution in [0.5, 0.6) is 0 Å². The first-order valence-corrected chi connectivity index (χ1v) is 6.93. The molecule has 1 atom stereocenters. The van der Waals surface area contributed by atoms with E-state index in [1.807, 2.05) is 6.07 Å². The minimum absolute atomic E-state index is 0.0198. The van der Waals surface area contributed by atoms with Gasteiger partial charge in [-0.1, -0.05) is 44.2 Å². The summed E-state index contributed by atoms with van der Waals surface area (Å²) in [6, 6.07) is 10.7. The number of benzene rings is 1. The van der Waals surface area contributed by atoms with Crippen molar-refractivity contribution in [1.29, 1.82) is 0 Å². The number of rotatable bonds is 8. The van der Waals surface area contributed by atoms with Crippen molar-refractivity contribution in [2.24, 2.45) is 0 Å². The Morgan fingerprint density at radius 2 is 1.84 bits per heavy atom. The first kappa shape index (κ1) is 15.7. The molecular weight excluding hydrogens is 238 g/mol. The van der Waals surface area contributed by atoms with Gasteiger partial charge in [-0.05, 0) is 18.7 Å². The Morgan fingerprint density at radius 3 is 2.37 bits per heavy atom. The second kappa shape index (κ2) is 8.67. The molecule has 0 aromatic heterocycles. The van der Waals surface area contributed by atoms with Crippen LogP contribution in [-0.2, 0) is 4.79 Å². The van der Waals surface area contributed by atoms with Gasteiger partial charge in [0.05, 0.1) is 6.54 Å². The Bertz CT molecular complexity index is 363. The Hall–Kier alpha value is -1.39. The third-order valence-electron chi connectivity index (χ3n) is 3.34. The van der Waals surface area contributed by atoms with Crippen molar-refractivity contribution in [2.75, 3.05) is 33.2 Å². The second-order valence-electron chi connectivity index (χ2n) is 4.45. The summed E-state index contributed by atoms with van der Waals surface area (Å²) in [6.07, 6.45) is 0. The van der Waals surface area contributed by atoms with Crippen molar-refractivity contribution >= 4 is 5.91 Å². The highest BCUT2D eigenvalue weighted by Gasteiger charge is 2.17. The standard InChI is InChI=1S/C15H25N3O/c1-4-18(5-2)14(11-17-12-15(19)16-3)13-9-7-6-8-10-13/h6-10,14,17H,4-5,11-12H2,1-3H3,(H,16,19). The molecule has 0 spiro atoms. The molecule has 0 saturated heterocycles. The summed E-state index contributed by atoms with van der Waals surface area (Å²) in [7, 11) is 1.66. The third-order valence-corrected chi connectivity index (χ3v) is 3.34. The molecule has 1 amide bonds. The average Bonchev–Trinajstić information content (AvgIpc) is 2.47. The number of hydrogen-bond acceptors (Lipinski definition) is 3. The summed E-state index contributed by atoms with van der Waals surface area (Å²) in [5.74, 6) is 0.0198. The highest BCUT2D eigenvalue weighted by molar-refractivity contribution is 5.77. The van der Waals surface area contributed by atoms with Crippen molar-refractivity contribution in [2.45, 2.75) is 19.9 Å². The van der Waals surface area contributed by atoms with Crippen molar-refractivity contribution in [3.8, 4) is 0 Å². The number of likely N-dealkylation sites (N-methyl/N-ethyl adjacent to an activating group) is 2. The fourth-order valence-corrected chi connectivity index (χ4v) is 2.21. The zero-order valence-electron chi connectivity index (χ0n) is 12.1. The molecule has 0 heterocycles. The molecule has 4 nitrogen and oxygen atoms in total. The normalized spacial score (nSPS) is 12.4. The van der Waals surface area contributed by atoms with Gasteiger partial charge in [0, 0.05) is 19.6 Å². The van der Waals surface area contributed by atoms with Gasteiger partial charge >= 0.3 is 0 Å². The maximum atomic E-state index is 11.3. The number of carbonyl (C=O) groups excluding carboxylic acids is 1. The molecule has 0 bridgehead atoms. The van der Waals surface area contributed by atoms with Gasteiger partial charge in [-0.15, -0.1) is 0 Å². The van der Waals surface area contributed by atoms with Gasteiger partial charge in [0.1, 0.15) is 0 Å².